The lowest BCUT2D eigenvalue weighted by molar-refractivity contribution is 1.17. The Bertz CT molecular complexity index is 703. The molecule has 2 nitrogen and oxygen atoms in total. The molecule has 0 bridgehead atoms. The minimum atomic E-state index is 1.00. The van der Waals surface area contributed by atoms with E-state index in [-0.39, 0.29) is 0 Å². The van der Waals surface area contributed by atoms with Gasteiger partial charge in [-0.2, -0.15) is 0 Å². The number of nitrogens with zero attached hydrogens (tertiary/aromatic N) is 2. The molecule has 22 heavy (non-hydrogen) atoms. The summed E-state index contributed by atoms with van der Waals surface area (Å²) in [6.07, 6.45) is 0. The Morgan fingerprint density at radius 3 is 2.09 bits per heavy atom. The highest BCUT2D eigenvalue weighted by Crippen LogP contribution is 2.27. The van der Waals surface area contributed by atoms with Crippen LogP contribution in [-0.2, 0) is 0 Å². The van der Waals surface area contributed by atoms with Gasteiger partial charge < -0.3 is 4.90 Å². The van der Waals surface area contributed by atoms with Gasteiger partial charge >= 0.3 is 0 Å². The summed E-state index contributed by atoms with van der Waals surface area (Å²) in [6, 6.07) is 10.7. The van der Waals surface area contributed by atoms with Crippen LogP contribution in [0.25, 0.3) is 0 Å². The molecule has 0 saturated carbocycles. The van der Waals surface area contributed by atoms with E-state index in [1.807, 2.05) is 0 Å². The van der Waals surface area contributed by atoms with Crippen LogP contribution in [0.2, 0.25) is 0 Å². The minimum Gasteiger partial charge on any atom is -0.333 e. The Kier molecular flexibility index (Phi) is 4.70. The number of hydrogen-bond acceptors (Lipinski definition) is 1. The van der Waals surface area contributed by atoms with Crippen LogP contribution in [-0.4, -0.2) is 12.9 Å². The van der Waals surface area contributed by atoms with Crippen LogP contribution in [0.4, 0.5) is 11.4 Å². The Balaban J connectivity index is 2.43. The number of anilines is 1. The second-order valence-corrected chi connectivity index (χ2v) is 6.18. The normalized spacial score (nSPS) is 11.7. The molecule has 0 aliphatic heterocycles. The Morgan fingerprint density at radius 1 is 0.909 bits per heavy atom. The largest absolute Gasteiger partial charge is 0.333 e. The van der Waals surface area contributed by atoms with Gasteiger partial charge in [0.05, 0.1) is 5.69 Å². The van der Waals surface area contributed by atoms with Crippen LogP contribution in [0.3, 0.4) is 0 Å². The molecule has 0 aliphatic carbocycles. The number of amidine groups is 1. The molecule has 116 valence electrons. The number of benzene rings is 2. The van der Waals surface area contributed by atoms with Gasteiger partial charge in [0.1, 0.15) is 5.84 Å². The lowest BCUT2D eigenvalue weighted by Gasteiger charge is -2.24. The molecule has 0 unspecified atom stereocenters. The smallest absolute Gasteiger partial charge is 0.106 e. The Morgan fingerprint density at radius 2 is 1.50 bits per heavy atom. The maximum absolute atomic E-state index is 4.84. The summed E-state index contributed by atoms with van der Waals surface area (Å²) >= 11 is 0. The van der Waals surface area contributed by atoms with Crippen molar-refractivity contribution < 1.29 is 0 Å². The Labute approximate surface area is 134 Å². The molecule has 0 saturated heterocycles. The maximum Gasteiger partial charge on any atom is 0.106 e. The number of aliphatic imine (C=N–C) groups is 1. The SMILES string of the molecule is C/C(=N\c1cccc(C)c1C)N(C)c1c(C)cc(C)cc1C. The number of hydrogen-bond donors (Lipinski definition) is 0. The molecule has 0 atom stereocenters. The highest BCUT2D eigenvalue weighted by atomic mass is 15.2. The molecule has 0 N–H and O–H groups in total. The van der Waals surface area contributed by atoms with Gasteiger partial charge in [0, 0.05) is 12.7 Å². The van der Waals surface area contributed by atoms with Crippen molar-refractivity contribution in [1.29, 1.82) is 0 Å². The molecule has 2 aromatic carbocycles. The van der Waals surface area contributed by atoms with Gasteiger partial charge in [-0.05, 0) is 69.9 Å². The van der Waals surface area contributed by atoms with Crippen LogP contribution in [0.1, 0.15) is 34.7 Å². The standard InChI is InChI=1S/C20H26N2/c1-13-11-15(3)20(16(4)12-13)22(7)18(6)21-19-10-8-9-14(2)17(19)5/h8-12H,1-7H3/b21-18+. The first-order valence-corrected chi connectivity index (χ1v) is 7.74. The summed E-state index contributed by atoms with van der Waals surface area (Å²) in [5.41, 5.74) is 8.69. The molecular weight excluding hydrogens is 268 g/mol. The van der Waals surface area contributed by atoms with Gasteiger partial charge in [-0.3, -0.25) is 0 Å². The van der Waals surface area contributed by atoms with Crippen LogP contribution in [0.5, 0.6) is 0 Å². The molecule has 2 rings (SSSR count). The second kappa shape index (κ2) is 6.35. The van der Waals surface area contributed by atoms with Gasteiger partial charge in [0.2, 0.25) is 0 Å². The molecule has 0 amide bonds. The van der Waals surface area contributed by atoms with Crippen molar-refractivity contribution in [2.24, 2.45) is 4.99 Å². The zero-order valence-corrected chi connectivity index (χ0v) is 14.8. The summed E-state index contributed by atoms with van der Waals surface area (Å²) in [6.45, 7) is 12.8. The van der Waals surface area contributed by atoms with Gasteiger partial charge in [-0.1, -0.05) is 29.8 Å². The van der Waals surface area contributed by atoms with Crippen molar-refractivity contribution >= 4 is 17.2 Å². The van der Waals surface area contributed by atoms with E-state index in [4.69, 9.17) is 4.99 Å². The van der Waals surface area contributed by atoms with E-state index in [0.29, 0.717) is 0 Å². The van der Waals surface area contributed by atoms with Crippen LogP contribution >= 0.6 is 0 Å². The van der Waals surface area contributed by atoms with Gasteiger partial charge in [-0.15, -0.1) is 0 Å². The number of rotatable bonds is 2. The molecule has 0 spiro atoms. The fourth-order valence-electron chi connectivity index (χ4n) is 2.97. The van der Waals surface area contributed by atoms with Crippen LogP contribution in [0, 0.1) is 34.6 Å². The summed E-state index contributed by atoms with van der Waals surface area (Å²) in [4.78, 5) is 7.03. The van der Waals surface area contributed by atoms with E-state index in [1.165, 1.54) is 33.5 Å². The van der Waals surface area contributed by atoms with Crippen molar-refractivity contribution in [3.8, 4) is 0 Å². The summed E-state index contributed by atoms with van der Waals surface area (Å²) in [5, 5.41) is 0. The van der Waals surface area contributed by atoms with Crippen LogP contribution in [0.15, 0.2) is 35.3 Å². The third-order valence-corrected chi connectivity index (χ3v) is 4.31. The highest BCUT2D eigenvalue weighted by Gasteiger charge is 2.11. The van der Waals surface area contributed by atoms with Crippen molar-refractivity contribution in [3.05, 3.63) is 58.1 Å². The van der Waals surface area contributed by atoms with E-state index < -0.39 is 0 Å². The predicted molar refractivity (Wildman–Crippen MR) is 97.7 cm³/mol. The molecule has 0 heterocycles. The molecule has 0 aromatic heterocycles. The average molecular weight is 294 g/mol. The maximum atomic E-state index is 4.84. The molecule has 0 fully saturated rings. The van der Waals surface area contributed by atoms with E-state index in [0.717, 1.165) is 11.5 Å². The van der Waals surface area contributed by atoms with E-state index >= 15 is 0 Å². The fourth-order valence-corrected chi connectivity index (χ4v) is 2.97. The first kappa shape index (κ1) is 16.3. The number of aryl methyl sites for hydroxylation is 4. The van der Waals surface area contributed by atoms with Crippen molar-refractivity contribution in [1.82, 2.24) is 0 Å². The van der Waals surface area contributed by atoms with Gasteiger partial charge in [-0.25, -0.2) is 4.99 Å². The van der Waals surface area contributed by atoms with Crippen LogP contribution < -0.4 is 4.90 Å². The first-order chi connectivity index (χ1) is 10.3. The fraction of sp³-hybridized carbons (Fsp3) is 0.350. The first-order valence-electron chi connectivity index (χ1n) is 7.74. The summed E-state index contributed by atoms with van der Waals surface area (Å²) < 4.78 is 0. The monoisotopic (exact) mass is 294 g/mol. The van der Waals surface area contributed by atoms with Crippen molar-refractivity contribution in [2.45, 2.75) is 41.5 Å². The second-order valence-electron chi connectivity index (χ2n) is 6.18. The van der Waals surface area contributed by atoms with E-state index in [9.17, 15) is 0 Å². The van der Waals surface area contributed by atoms with Crippen molar-refractivity contribution in [2.75, 3.05) is 11.9 Å². The lowest BCUT2D eigenvalue weighted by atomic mass is 10.0. The summed E-state index contributed by atoms with van der Waals surface area (Å²) in [7, 11) is 2.09. The third kappa shape index (κ3) is 3.22. The zero-order chi connectivity index (χ0) is 16.4. The van der Waals surface area contributed by atoms with Gasteiger partial charge in [0.15, 0.2) is 0 Å². The van der Waals surface area contributed by atoms with E-state index in [1.54, 1.807) is 0 Å². The van der Waals surface area contributed by atoms with Crippen molar-refractivity contribution in [3.63, 3.8) is 0 Å². The predicted octanol–water partition coefficient (Wildman–Crippen LogP) is 5.42. The molecular formula is C20H26N2. The highest BCUT2D eigenvalue weighted by molar-refractivity contribution is 5.98. The molecule has 0 aliphatic rings. The van der Waals surface area contributed by atoms with Gasteiger partial charge in [0.25, 0.3) is 0 Å². The summed E-state index contributed by atoms with van der Waals surface area (Å²) in [5.74, 6) is 1.00. The zero-order valence-electron chi connectivity index (χ0n) is 14.8. The topological polar surface area (TPSA) is 15.6 Å². The lowest BCUT2D eigenvalue weighted by Crippen LogP contribution is -2.25. The minimum absolute atomic E-state index is 1.00. The Hall–Kier alpha value is -2.09. The molecule has 0 radical (unpaired) electrons. The molecule has 2 aromatic rings. The quantitative estimate of drug-likeness (QED) is 0.534. The third-order valence-electron chi connectivity index (χ3n) is 4.31. The van der Waals surface area contributed by atoms with E-state index in [2.05, 4.69) is 83.8 Å². The molecule has 2 heteroatoms. The average Bonchev–Trinajstić information content (AvgIpc) is 2.42.